The molecule has 2 rings (SSSR count). The highest BCUT2D eigenvalue weighted by atomic mass is 35.5. The van der Waals surface area contributed by atoms with Gasteiger partial charge in [-0.3, -0.25) is 4.79 Å². The lowest BCUT2D eigenvalue weighted by atomic mass is 10.0. The van der Waals surface area contributed by atoms with Gasteiger partial charge in [0.1, 0.15) is 5.75 Å². The van der Waals surface area contributed by atoms with Gasteiger partial charge in [0.2, 0.25) is 0 Å². The van der Waals surface area contributed by atoms with Gasteiger partial charge >= 0.3 is 0 Å². The van der Waals surface area contributed by atoms with Gasteiger partial charge in [0.15, 0.2) is 6.10 Å². The predicted octanol–water partition coefficient (Wildman–Crippen LogP) is 3.10. The molecule has 0 spiro atoms. The number of halogens is 2. The maximum absolute atomic E-state index is 12.5. The van der Waals surface area contributed by atoms with Crippen molar-refractivity contribution < 1.29 is 9.53 Å². The second-order valence-electron chi connectivity index (χ2n) is 5.25. The summed E-state index contributed by atoms with van der Waals surface area (Å²) in [7, 11) is 0. The molecule has 0 aliphatic carbocycles. The third-order valence-corrected chi connectivity index (χ3v) is 4.26. The fraction of sp³-hybridized carbons (Fsp3) is 0.533. The molecule has 4 nitrogen and oxygen atoms in total. The van der Waals surface area contributed by atoms with Crippen molar-refractivity contribution in [3.8, 4) is 5.75 Å². The van der Waals surface area contributed by atoms with Crippen molar-refractivity contribution in [1.29, 1.82) is 0 Å². The largest absolute Gasteiger partial charge is 0.479 e. The van der Waals surface area contributed by atoms with Gasteiger partial charge in [0.25, 0.3) is 5.91 Å². The van der Waals surface area contributed by atoms with Gasteiger partial charge in [-0.2, -0.15) is 0 Å². The van der Waals surface area contributed by atoms with Crippen LogP contribution >= 0.6 is 23.2 Å². The Hall–Kier alpha value is -0.970. The Bertz CT molecular complexity index is 510. The monoisotopic (exact) mass is 330 g/mol. The molecule has 0 bridgehead atoms. The van der Waals surface area contributed by atoms with Crippen molar-refractivity contribution in [2.24, 2.45) is 5.73 Å². The van der Waals surface area contributed by atoms with E-state index in [4.69, 9.17) is 33.7 Å². The average Bonchev–Trinajstić information content (AvgIpc) is 2.49. The molecule has 2 N–H and O–H groups in total. The van der Waals surface area contributed by atoms with E-state index in [0.29, 0.717) is 22.3 Å². The maximum atomic E-state index is 12.5. The van der Waals surface area contributed by atoms with E-state index in [1.807, 2.05) is 4.90 Å². The minimum Gasteiger partial charge on any atom is -0.479 e. The van der Waals surface area contributed by atoms with E-state index in [-0.39, 0.29) is 11.9 Å². The highest BCUT2D eigenvalue weighted by molar-refractivity contribution is 6.35. The molecule has 1 aromatic carbocycles. The Labute approximate surface area is 135 Å². The van der Waals surface area contributed by atoms with Gasteiger partial charge in [-0.15, -0.1) is 0 Å². The van der Waals surface area contributed by atoms with E-state index in [1.165, 1.54) is 0 Å². The number of likely N-dealkylation sites (tertiary alicyclic amines) is 1. The maximum Gasteiger partial charge on any atom is 0.263 e. The van der Waals surface area contributed by atoms with Crippen LogP contribution in [0.1, 0.15) is 26.2 Å². The molecule has 116 valence electrons. The molecule has 2 unspecified atom stereocenters. The summed E-state index contributed by atoms with van der Waals surface area (Å²) in [5, 5.41) is 0.932. The topological polar surface area (TPSA) is 55.6 Å². The third kappa shape index (κ3) is 4.02. The number of nitrogens with two attached hydrogens (primary N) is 1. The number of rotatable bonds is 4. The van der Waals surface area contributed by atoms with Crippen LogP contribution in [0.5, 0.6) is 5.75 Å². The molecule has 1 aliphatic rings. The molecule has 0 saturated carbocycles. The first kappa shape index (κ1) is 16.4. The van der Waals surface area contributed by atoms with Crippen molar-refractivity contribution in [2.75, 3.05) is 13.1 Å². The minimum absolute atomic E-state index is 0.0452. The van der Waals surface area contributed by atoms with E-state index < -0.39 is 6.10 Å². The zero-order valence-electron chi connectivity index (χ0n) is 12.0. The number of hydrogen-bond donors (Lipinski definition) is 1. The Balaban J connectivity index is 2.04. The lowest BCUT2D eigenvalue weighted by Crippen LogP contribution is -2.51. The second-order valence-corrected chi connectivity index (χ2v) is 6.10. The summed E-state index contributed by atoms with van der Waals surface area (Å²) >= 11 is 11.9. The molecule has 1 aromatic rings. The molecular weight excluding hydrogens is 311 g/mol. The fourth-order valence-electron chi connectivity index (χ4n) is 2.58. The molecule has 0 aromatic heterocycles. The van der Waals surface area contributed by atoms with Crippen molar-refractivity contribution >= 4 is 29.1 Å². The van der Waals surface area contributed by atoms with E-state index >= 15 is 0 Å². The summed E-state index contributed by atoms with van der Waals surface area (Å²) in [4.78, 5) is 14.4. The van der Waals surface area contributed by atoms with E-state index in [1.54, 1.807) is 25.1 Å². The van der Waals surface area contributed by atoms with Crippen molar-refractivity contribution in [3.05, 3.63) is 28.2 Å². The van der Waals surface area contributed by atoms with Gasteiger partial charge in [0.05, 0.1) is 5.02 Å². The molecule has 6 heteroatoms. The van der Waals surface area contributed by atoms with Crippen LogP contribution < -0.4 is 10.5 Å². The number of amides is 1. The van der Waals surface area contributed by atoms with Gasteiger partial charge in [0, 0.05) is 24.2 Å². The summed E-state index contributed by atoms with van der Waals surface area (Å²) in [6.07, 6.45) is 2.48. The van der Waals surface area contributed by atoms with Crippen LogP contribution in [0.2, 0.25) is 10.0 Å². The fourth-order valence-corrected chi connectivity index (χ4v) is 3.03. The van der Waals surface area contributed by atoms with Gasteiger partial charge in [-0.25, -0.2) is 0 Å². The van der Waals surface area contributed by atoms with Crippen molar-refractivity contribution in [1.82, 2.24) is 4.90 Å². The smallest absolute Gasteiger partial charge is 0.263 e. The molecule has 0 radical (unpaired) electrons. The van der Waals surface area contributed by atoms with Crippen LogP contribution in [0, 0.1) is 0 Å². The van der Waals surface area contributed by atoms with Crippen molar-refractivity contribution in [2.45, 2.75) is 38.3 Å². The van der Waals surface area contributed by atoms with Crippen LogP contribution in [-0.4, -0.2) is 36.0 Å². The second kappa shape index (κ2) is 7.34. The van der Waals surface area contributed by atoms with Gasteiger partial charge < -0.3 is 15.4 Å². The van der Waals surface area contributed by atoms with Gasteiger partial charge in [-0.05, 0) is 44.4 Å². The number of carbonyl (C=O) groups excluding carboxylic acids is 1. The number of benzene rings is 1. The first-order valence-electron chi connectivity index (χ1n) is 7.15. The lowest BCUT2D eigenvalue weighted by molar-refractivity contribution is -0.141. The van der Waals surface area contributed by atoms with Crippen LogP contribution in [-0.2, 0) is 4.79 Å². The molecule has 2 atom stereocenters. The molecular formula is C15H20Cl2N2O2. The summed E-state index contributed by atoms with van der Waals surface area (Å²) in [5.41, 5.74) is 5.75. The molecule has 1 aliphatic heterocycles. The average molecular weight is 331 g/mol. The van der Waals surface area contributed by atoms with Crippen LogP contribution in [0.15, 0.2) is 18.2 Å². The van der Waals surface area contributed by atoms with Crippen LogP contribution in [0.3, 0.4) is 0 Å². The zero-order valence-corrected chi connectivity index (χ0v) is 13.5. The number of carbonyl (C=O) groups is 1. The summed E-state index contributed by atoms with van der Waals surface area (Å²) < 4.78 is 5.69. The number of hydrogen-bond acceptors (Lipinski definition) is 3. The zero-order chi connectivity index (χ0) is 15.4. The predicted molar refractivity (Wildman–Crippen MR) is 85.0 cm³/mol. The SMILES string of the molecule is CC(Oc1ccc(Cl)cc1Cl)C(=O)N1CCCCC1CN. The first-order valence-corrected chi connectivity index (χ1v) is 7.90. The normalized spacial score (nSPS) is 20.2. The first-order chi connectivity index (χ1) is 10.0. The Kier molecular flexibility index (Phi) is 5.73. The van der Waals surface area contributed by atoms with Crippen LogP contribution in [0.4, 0.5) is 0 Å². The third-order valence-electron chi connectivity index (χ3n) is 3.73. The summed E-state index contributed by atoms with van der Waals surface area (Å²) in [5.74, 6) is 0.416. The lowest BCUT2D eigenvalue weighted by Gasteiger charge is -2.36. The summed E-state index contributed by atoms with van der Waals surface area (Å²) in [6, 6.07) is 5.06. The Morgan fingerprint density at radius 3 is 2.90 bits per heavy atom. The number of piperidine rings is 1. The number of nitrogens with zero attached hydrogens (tertiary/aromatic N) is 1. The standard InChI is InChI=1S/C15H20Cl2N2O2/c1-10(21-14-6-5-11(16)8-13(14)17)15(20)19-7-3-2-4-12(19)9-18/h5-6,8,10,12H,2-4,7,9,18H2,1H3. The molecule has 1 fully saturated rings. The minimum atomic E-state index is -0.601. The molecule has 21 heavy (non-hydrogen) atoms. The Morgan fingerprint density at radius 2 is 2.24 bits per heavy atom. The van der Waals surface area contributed by atoms with Gasteiger partial charge in [-0.1, -0.05) is 23.2 Å². The van der Waals surface area contributed by atoms with Crippen molar-refractivity contribution in [3.63, 3.8) is 0 Å². The quantitative estimate of drug-likeness (QED) is 0.922. The van der Waals surface area contributed by atoms with E-state index in [0.717, 1.165) is 25.8 Å². The van der Waals surface area contributed by atoms with E-state index in [9.17, 15) is 4.79 Å². The highest BCUT2D eigenvalue weighted by Gasteiger charge is 2.30. The molecule has 1 amide bonds. The van der Waals surface area contributed by atoms with E-state index in [2.05, 4.69) is 0 Å². The molecule has 1 heterocycles. The summed E-state index contributed by atoms with van der Waals surface area (Å²) in [6.45, 7) is 2.96. The van der Waals surface area contributed by atoms with Crippen LogP contribution in [0.25, 0.3) is 0 Å². The molecule has 1 saturated heterocycles. The Morgan fingerprint density at radius 1 is 1.48 bits per heavy atom. The number of ether oxygens (including phenoxy) is 1. The highest BCUT2D eigenvalue weighted by Crippen LogP contribution is 2.29.